The van der Waals surface area contributed by atoms with Gasteiger partial charge in [-0.2, -0.15) is 0 Å². The highest BCUT2D eigenvalue weighted by molar-refractivity contribution is 6.31. The predicted molar refractivity (Wildman–Crippen MR) is 86.9 cm³/mol. The Labute approximate surface area is 137 Å². The first-order valence-corrected chi connectivity index (χ1v) is 8.09. The summed E-state index contributed by atoms with van der Waals surface area (Å²) in [7, 11) is 0. The van der Waals surface area contributed by atoms with Crippen molar-refractivity contribution in [2.24, 2.45) is 5.41 Å². The normalized spacial score (nSPS) is 17.1. The zero-order chi connectivity index (χ0) is 16.3. The number of nitrogens with zero attached hydrogens (tertiary/aromatic N) is 1. The Bertz CT molecular complexity index is 557. The van der Waals surface area contributed by atoms with Crippen LogP contribution < -0.4 is 4.74 Å². The first-order valence-electron chi connectivity index (χ1n) is 7.72. The number of carbonyl (C=O) groups is 1. The van der Waals surface area contributed by atoms with E-state index in [2.05, 4.69) is 6.92 Å². The molecule has 5 heteroatoms. The van der Waals surface area contributed by atoms with Crippen molar-refractivity contribution >= 4 is 17.5 Å². The second kappa shape index (κ2) is 6.88. The van der Waals surface area contributed by atoms with Gasteiger partial charge < -0.3 is 4.74 Å². The van der Waals surface area contributed by atoms with Gasteiger partial charge in [-0.25, -0.2) is 5.06 Å². The Kier molecular flexibility index (Phi) is 5.35. The maximum absolute atomic E-state index is 12.2. The SMILES string of the molecule is CCCCOc1cc(CN2OCC(C)(C)C2=O)c(Cl)cc1C. The molecule has 0 spiro atoms. The summed E-state index contributed by atoms with van der Waals surface area (Å²) >= 11 is 6.31. The predicted octanol–water partition coefficient (Wildman–Crippen LogP) is 4.13. The van der Waals surface area contributed by atoms with Crippen LogP contribution in [-0.4, -0.2) is 24.2 Å². The Balaban J connectivity index is 2.13. The fourth-order valence-corrected chi connectivity index (χ4v) is 2.55. The first-order chi connectivity index (χ1) is 10.3. The van der Waals surface area contributed by atoms with E-state index < -0.39 is 5.41 Å². The van der Waals surface area contributed by atoms with Gasteiger partial charge in [0.15, 0.2) is 0 Å². The molecule has 0 saturated carbocycles. The lowest BCUT2D eigenvalue weighted by molar-refractivity contribution is -0.165. The van der Waals surface area contributed by atoms with Crippen LogP contribution in [0.1, 0.15) is 44.7 Å². The molecule has 2 rings (SSSR count). The van der Waals surface area contributed by atoms with Crippen molar-refractivity contribution in [3.05, 3.63) is 28.3 Å². The topological polar surface area (TPSA) is 38.8 Å². The molecule has 0 radical (unpaired) electrons. The molecule has 0 unspecified atom stereocenters. The summed E-state index contributed by atoms with van der Waals surface area (Å²) in [6.45, 7) is 9.28. The van der Waals surface area contributed by atoms with Gasteiger partial charge in [-0.3, -0.25) is 9.63 Å². The van der Waals surface area contributed by atoms with E-state index in [0.717, 1.165) is 29.7 Å². The van der Waals surface area contributed by atoms with Crippen LogP contribution in [-0.2, 0) is 16.2 Å². The Morgan fingerprint density at radius 1 is 1.41 bits per heavy atom. The maximum atomic E-state index is 12.2. The number of carbonyl (C=O) groups excluding carboxylic acids is 1. The average Bonchev–Trinajstić information content (AvgIpc) is 2.70. The van der Waals surface area contributed by atoms with Gasteiger partial charge in [-0.1, -0.05) is 24.9 Å². The fraction of sp³-hybridized carbons (Fsp3) is 0.588. The van der Waals surface area contributed by atoms with Gasteiger partial charge in [-0.05, 0) is 50.5 Å². The minimum Gasteiger partial charge on any atom is -0.493 e. The number of hydrogen-bond donors (Lipinski definition) is 0. The molecule has 0 N–H and O–H groups in total. The molecule has 1 aromatic carbocycles. The molecule has 0 aliphatic carbocycles. The van der Waals surface area contributed by atoms with E-state index in [1.54, 1.807) is 0 Å². The number of amides is 1. The van der Waals surface area contributed by atoms with Crippen molar-refractivity contribution < 1.29 is 14.4 Å². The number of hydroxylamine groups is 2. The highest BCUT2D eigenvalue weighted by atomic mass is 35.5. The molecule has 122 valence electrons. The fourth-order valence-electron chi connectivity index (χ4n) is 2.27. The summed E-state index contributed by atoms with van der Waals surface area (Å²) in [6.07, 6.45) is 2.10. The third-order valence-electron chi connectivity index (χ3n) is 3.80. The number of unbranched alkanes of at least 4 members (excludes halogenated alkanes) is 1. The van der Waals surface area contributed by atoms with Gasteiger partial charge in [0, 0.05) is 5.02 Å². The smallest absolute Gasteiger partial charge is 0.254 e. The number of ether oxygens (including phenoxy) is 1. The van der Waals surface area contributed by atoms with Gasteiger partial charge in [0.25, 0.3) is 5.91 Å². The number of rotatable bonds is 6. The first kappa shape index (κ1) is 17.1. The Hall–Kier alpha value is -1.26. The molecule has 4 nitrogen and oxygen atoms in total. The molecule has 1 saturated heterocycles. The van der Waals surface area contributed by atoms with Crippen LogP contribution in [0.15, 0.2) is 12.1 Å². The van der Waals surface area contributed by atoms with Gasteiger partial charge >= 0.3 is 0 Å². The van der Waals surface area contributed by atoms with Crippen molar-refractivity contribution in [2.75, 3.05) is 13.2 Å². The van der Waals surface area contributed by atoms with E-state index in [-0.39, 0.29) is 5.91 Å². The molecular formula is C17H24ClNO3. The quantitative estimate of drug-likeness (QED) is 0.738. The van der Waals surface area contributed by atoms with Crippen LogP contribution in [0, 0.1) is 12.3 Å². The average molecular weight is 326 g/mol. The second-order valence-electron chi connectivity index (χ2n) is 6.41. The van der Waals surface area contributed by atoms with E-state index in [9.17, 15) is 4.79 Å². The van der Waals surface area contributed by atoms with Gasteiger partial charge in [-0.15, -0.1) is 0 Å². The van der Waals surface area contributed by atoms with Crippen molar-refractivity contribution in [1.82, 2.24) is 5.06 Å². The van der Waals surface area contributed by atoms with E-state index in [4.69, 9.17) is 21.2 Å². The molecule has 1 heterocycles. The van der Waals surface area contributed by atoms with Gasteiger partial charge in [0.05, 0.1) is 25.2 Å². The lowest BCUT2D eigenvalue weighted by Gasteiger charge is -2.18. The monoisotopic (exact) mass is 325 g/mol. The van der Waals surface area contributed by atoms with E-state index in [1.807, 2.05) is 32.9 Å². The molecule has 0 bridgehead atoms. The van der Waals surface area contributed by atoms with Crippen LogP contribution >= 0.6 is 11.6 Å². The molecule has 1 fully saturated rings. The Morgan fingerprint density at radius 3 is 2.73 bits per heavy atom. The maximum Gasteiger partial charge on any atom is 0.254 e. The minimum absolute atomic E-state index is 0.0161. The number of halogens is 1. The number of benzene rings is 1. The molecule has 1 aromatic rings. The molecule has 1 aliphatic rings. The van der Waals surface area contributed by atoms with E-state index in [0.29, 0.717) is 24.8 Å². The number of aryl methyl sites for hydroxylation is 1. The van der Waals surface area contributed by atoms with Crippen LogP contribution in [0.4, 0.5) is 0 Å². The summed E-state index contributed by atoms with van der Waals surface area (Å²) in [5.41, 5.74) is 1.36. The summed E-state index contributed by atoms with van der Waals surface area (Å²) in [4.78, 5) is 17.7. The zero-order valence-corrected chi connectivity index (χ0v) is 14.5. The highest BCUT2D eigenvalue weighted by Gasteiger charge is 2.40. The standard InChI is InChI=1S/C17H24ClNO3/c1-5-6-7-21-15-9-13(14(18)8-12(15)2)10-19-16(20)17(3,4)11-22-19/h8-9H,5-7,10-11H2,1-4H3. The van der Waals surface area contributed by atoms with E-state index >= 15 is 0 Å². The lowest BCUT2D eigenvalue weighted by Crippen LogP contribution is -2.30. The lowest BCUT2D eigenvalue weighted by atomic mass is 9.95. The van der Waals surface area contributed by atoms with Crippen molar-refractivity contribution in [1.29, 1.82) is 0 Å². The molecule has 1 amide bonds. The van der Waals surface area contributed by atoms with Crippen LogP contribution in [0.3, 0.4) is 0 Å². The van der Waals surface area contributed by atoms with Crippen LogP contribution in [0.5, 0.6) is 5.75 Å². The molecule has 22 heavy (non-hydrogen) atoms. The molecule has 0 aromatic heterocycles. The molecular weight excluding hydrogens is 302 g/mol. The van der Waals surface area contributed by atoms with Crippen molar-refractivity contribution in [2.45, 2.75) is 47.1 Å². The zero-order valence-electron chi connectivity index (χ0n) is 13.7. The summed E-state index contributed by atoms with van der Waals surface area (Å²) in [6, 6.07) is 3.79. The van der Waals surface area contributed by atoms with Crippen LogP contribution in [0.25, 0.3) is 0 Å². The molecule has 1 aliphatic heterocycles. The van der Waals surface area contributed by atoms with Crippen molar-refractivity contribution in [3.8, 4) is 5.75 Å². The third-order valence-corrected chi connectivity index (χ3v) is 4.15. The second-order valence-corrected chi connectivity index (χ2v) is 6.82. The highest BCUT2D eigenvalue weighted by Crippen LogP contribution is 2.32. The minimum atomic E-state index is -0.475. The van der Waals surface area contributed by atoms with Crippen LogP contribution in [0.2, 0.25) is 5.02 Å². The number of hydrogen-bond acceptors (Lipinski definition) is 3. The largest absolute Gasteiger partial charge is 0.493 e. The summed E-state index contributed by atoms with van der Waals surface area (Å²) in [5.74, 6) is 0.802. The summed E-state index contributed by atoms with van der Waals surface area (Å²) < 4.78 is 5.80. The molecule has 0 atom stereocenters. The van der Waals surface area contributed by atoms with Gasteiger partial charge in [0.2, 0.25) is 0 Å². The Morgan fingerprint density at radius 2 is 2.14 bits per heavy atom. The summed E-state index contributed by atoms with van der Waals surface area (Å²) in [5, 5.41) is 2.02. The van der Waals surface area contributed by atoms with E-state index in [1.165, 1.54) is 5.06 Å². The third kappa shape index (κ3) is 3.73. The van der Waals surface area contributed by atoms with Gasteiger partial charge in [0.1, 0.15) is 5.75 Å². The van der Waals surface area contributed by atoms with Crippen molar-refractivity contribution in [3.63, 3.8) is 0 Å².